The minimum absolute atomic E-state index is 0.0417. The first kappa shape index (κ1) is 18.5. The van der Waals surface area contributed by atoms with Gasteiger partial charge in [0, 0.05) is 6.42 Å². The third kappa shape index (κ3) is 12.3. The lowest BCUT2D eigenvalue weighted by Crippen LogP contribution is -2.09. The standard InChI is InChI=1S/C17H34O2/c1-6-19-17(18)13-16(5)12-8-11-15(4)10-7-9-14(2)3/h14-16H,6-13H2,1-5H3/t15-,16+/m0/s1. The van der Waals surface area contributed by atoms with Crippen molar-refractivity contribution >= 4 is 5.97 Å². The fourth-order valence-electron chi connectivity index (χ4n) is 2.44. The molecule has 0 amide bonds. The lowest BCUT2D eigenvalue weighted by molar-refractivity contribution is -0.144. The first-order valence-electron chi connectivity index (χ1n) is 8.11. The molecule has 0 radical (unpaired) electrons. The minimum atomic E-state index is -0.0417. The molecule has 0 rings (SSSR count). The Bertz CT molecular complexity index is 223. The molecular formula is C17H34O2. The summed E-state index contributed by atoms with van der Waals surface area (Å²) in [5, 5.41) is 0. The topological polar surface area (TPSA) is 26.3 Å². The molecule has 0 saturated heterocycles. The molecule has 0 bridgehead atoms. The lowest BCUT2D eigenvalue weighted by Gasteiger charge is -2.14. The van der Waals surface area contributed by atoms with E-state index in [0.29, 0.717) is 18.9 Å². The number of carbonyl (C=O) groups is 1. The van der Waals surface area contributed by atoms with Gasteiger partial charge < -0.3 is 4.74 Å². The molecule has 0 fully saturated rings. The molecule has 0 aromatic carbocycles. The van der Waals surface area contributed by atoms with Crippen LogP contribution < -0.4 is 0 Å². The Kier molecular flexibility index (Phi) is 11.0. The maximum atomic E-state index is 11.3. The number of hydrogen-bond donors (Lipinski definition) is 0. The van der Waals surface area contributed by atoms with E-state index in [0.717, 1.165) is 18.3 Å². The Hall–Kier alpha value is -0.530. The molecule has 0 spiro atoms. The van der Waals surface area contributed by atoms with Crippen molar-refractivity contribution < 1.29 is 9.53 Å². The van der Waals surface area contributed by atoms with Gasteiger partial charge in [-0.05, 0) is 24.7 Å². The van der Waals surface area contributed by atoms with E-state index in [-0.39, 0.29) is 5.97 Å². The Morgan fingerprint density at radius 2 is 1.42 bits per heavy atom. The fraction of sp³-hybridized carbons (Fsp3) is 0.941. The third-order valence-corrected chi connectivity index (χ3v) is 3.69. The van der Waals surface area contributed by atoms with Gasteiger partial charge in [-0.1, -0.05) is 66.2 Å². The number of hydrogen-bond acceptors (Lipinski definition) is 2. The van der Waals surface area contributed by atoms with Gasteiger partial charge in [-0.15, -0.1) is 0 Å². The van der Waals surface area contributed by atoms with Gasteiger partial charge in [-0.25, -0.2) is 0 Å². The summed E-state index contributed by atoms with van der Waals surface area (Å²) < 4.78 is 4.98. The van der Waals surface area contributed by atoms with Crippen LogP contribution >= 0.6 is 0 Å². The predicted molar refractivity (Wildman–Crippen MR) is 82.1 cm³/mol. The molecule has 114 valence electrons. The van der Waals surface area contributed by atoms with Gasteiger partial charge in [-0.3, -0.25) is 4.79 Å². The highest BCUT2D eigenvalue weighted by molar-refractivity contribution is 5.69. The quantitative estimate of drug-likeness (QED) is 0.482. The molecule has 0 aliphatic rings. The van der Waals surface area contributed by atoms with E-state index in [4.69, 9.17) is 4.74 Å². The van der Waals surface area contributed by atoms with Crippen molar-refractivity contribution in [2.75, 3.05) is 6.61 Å². The number of esters is 1. The molecule has 0 heterocycles. The van der Waals surface area contributed by atoms with Crippen LogP contribution in [0.4, 0.5) is 0 Å². The van der Waals surface area contributed by atoms with Gasteiger partial charge >= 0.3 is 5.97 Å². The molecule has 0 aromatic rings. The molecular weight excluding hydrogens is 236 g/mol. The summed E-state index contributed by atoms with van der Waals surface area (Å²) in [5.74, 6) is 2.08. The SMILES string of the molecule is CCOC(=O)C[C@H](C)CCC[C@@H](C)CCCC(C)C. The zero-order valence-electron chi connectivity index (χ0n) is 13.7. The van der Waals surface area contributed by atoms with Gasteiger partial charge in [0.15, 0.2) is 0 Å². The van der Waals surface area contributed by atoms with Crippen LogP contribution in [-0.4, -0.2) is 12.6 Å². The molecule has 0 aliphatic heterocycles. The highest BCUT2D eigenvalue weighted by Crippen LogP contribution is 2.20. The Morgan fingerprint density at radius 1 is 0.895 bits per heavy atom. The Morgan fingerprint density at radius 3 is 1.95 bits per heavy atom. The van der Waals surface area contributed by atoms with Gasteiger partial charge in [0.05, 0.1) is 6.61 Å². The smallest absolute Gasteiger partial charge is 0.306 e. The van der Waals surface area contributed by atoms with E-state index in [1.54, 1.807) is 0 Å². The predicted octanol–water partition coefficient (Wildman–Crippen LogP) is 5.21. The maximum Gasteiger partial charge on any atom is 0.306 e. The largest absolute Gasteiger partial charge is 0.466 e. The van der Waals surface area contributed by atoms with E-state index in [1.807, 2.05) is 6.92 Å². The second-order valence-corrected chi connectivity index (χ2v) is 6.48. The Labute approximate surface area is 120 Å². The van der Waals surface area contributed by atoms with E-state index in [9.17, 15) is 4.79 Å². The van der Waals surface area contributed by atoms with Crippen molar-refractivity contribution in [3.8, 4) is 0 Å². The van der Waals surface area contributed by atoms with Crippen molar-refractivity contribution in [2.45, 2.75) is 79.6 Å². The summed E-state index contributed by atoms with van der Waals surface area (Å²) in [7, 11) is 0. The minimum Gasteiger partial charge on any atom is -0.466 e. The van der Waals surface area contributed by atoms with Gasteiger partial charge in [0.25, 0.3) is 0 Å². The molecule has 0 unspecified atom stereocenters. The van der Waals surface area contributed by atoms with Gasteiger partial charge in [-0.2, -0.15) is 0 Å². The number of carbonyl (C=O) groups excluding carboxylic acids is 1. The van der Waals surface area contributed by atoms with Crippen molar-refractivity contribution in [2.24, 2.45) is 17.8 Å². The van der Waals surface area contributed by atoms with Gasteiger partial charge in [0.1, 0.15) is 0 Å². The first-order valence-corrected chi connectivity index (χ1v) is 8.11. The third-order valence-electron chi connectivity index (χ3n) is 3.69. The highest BCUT2D eigenvalue weighted by atomic mass is 16.5. The molecule has 0 aliphatic carbocycles. The maximum absolute atomic E-state index is 11.3. The van der Waals surface area contributed by atoms with Crippen molar-refractivity contribution in [1.29, 1.82) is 0 Å². The lowest BCUT2D eigenvalue weighted by atomic mass is 9.93. The second kappa shape index (κ2) is 11.3. The van der Waals surface area contributed by atoms with Crippen LogP contribution in [0.2, 0.25) is 0 Å². The number of ether oxygens (including phenoxy) is 1. The van der Waals surface area contributed by atoms with Crippen LogP contribution in [0.25, 0.3) is 0 Å². The highest BCUT2D eigenvalue weighted by Gasteiger charge is 2.10. The average Bonchev–Trinajstić information content (AvgIpc) is 2.28. The van der Waals surface area contributed by atoms with E-state index >= 15 is 0 Å². The fourth-order valence-corrected chi connectivity index (χ4v) is 2.44. The summed E-state index contributed by atoms with van der Waals surface area (Å²) in [6.07, 6.45) is 8.32. The molecule has 2 nitrogen and oxygen atoms in total. The molecule has 19 heavy (non-hydrogen) atoms. The summed E-state index contributed by atoms with van der Waals surface area (Å²) in [5.41, 5.74) is 0. The second-order valence-electron chi connectivity index (χ2n) is 6.48. The van der Waals surface area contributed by atoms with Crippen LogP contribution in [0.15, 0.2) is 0 Å². The van der Waals surface area contributed by atoms with E-state index < -0.39 is 0 Å². The van der Waals surface area contributed by atoms with Crippen LogP contribution in [0.5, 0.6) is 0 Å². The summed E-state index contributed by atoms with van der Waals surface area (Å²) in [6.45, 7) is 11.5. The van der Waals surface area contributed by atoms with Crippen LogP contribution in [0.3, 0.4) is 0 Å². The van der Waals surface area contributed by atoms with Crippen LogP contribution in [-0.2, 0) is 9.53 Å². The molecule has 0 saturated carbocycles. The zero-order chi connectivity index (χ0) is 14.7. The number of rotatable bonds is 11. The summed E-state index contributed by atoms with van der Waals surface area (Å²) in [6, 6.07) is 0. The normalized spacial score (nSPS) is 14.4. The van der Waals surface area contributed by atoms with Crippen molar-refractivity contribution in [3.05, 3.63) is 0 Å². The monoisotopic (exact) mass is 270 g/mol. The first-order chi connectivity index (χ1) is 8.95. The van der Waals surface area contributed by atoms with Crippen molar-refractivity contribution in [3.63, 3.8) is 0 Å². The summed E-state index contributed by atoms with van der Waals surface area (Å²) in [4.78, 5) is 11.3. The molecule has 0 aromatic heterocycles. The average molecular weight is 270 g/mol. The molecule has 2 atom stereocenters. The summed E-state index contributed by atoms with van der Waals surface area (Å²) >= 11 is 0. The Balaban J connectivity index is 3.52. The zero-order valence-corrected chi connectivity index (χ0v) is 13.7. The van der Waals surface area contributed by atoms with E-state index in [1.165, 1.54) is 32.1 Å². The van der Waals surface area contributed by atoms with Gasteiger partial charge in [0.2, 0.25) is 0 Å². The van der Waals surface area contributed by atoms with Crippen LogP contribution in [0.1, 0.15) is 79.6 Å². The molecule has 0 N–H and O–H groups in total. The molecule has 2 heteroatoms. The van der Waals surface area contributed by atoms with E-state index in [2.05, 4.69) is 27.7 Å². The van der Waals surface area contributed by atoms with Crippen molar-refractivity contribution in [1.82, 2.24) is 0 Å². The van der Waals surface area contributed by atoms with Crippen LogP contribution in [0, 0.1) is 17.8 Å².